The quantitative estimate of drug-likeness (QED) is 0.353. The molecular formula is C4H5IO. The van der Waals surface area contributed by atoms with E-state index in [-0.39, 0.29) is 3.79 Å². The summed E-state index contributed by atoms with van der Waals surface area (Å²) in [5, 5.41) is 0. The average Bonchev–Trinajstić information content (AvgIpc) is 1.35. The molecule has 34 valence electrons. The van der Waals surface area contributed by atoms with Crippen LogP contribution in [0.5, 0.6) is 0 Å². The molecule has 0 saturated heterocycles. The van der Waals surface area contributed by atoms with Gasteiger partial charge in [-0.15, -0.1) is 0 Å². The third kappa shape index (κ3) is 4.14. The van der Waals surface area contributed by atoms with Gasteiger partial charge in [-0.1, -0.05) is 6.08 Å². The second-order valence-electron chi connectivity index (χ2n) is 0.804. The molecule has 0 aliphatic carbocycles. The summed E-state index contributed by atoms with van der Waals surface area (Å²) in [6.07, 6.45) is 3.23. The van der Waals surface area contributed by atoms with Crippen LogP contribution >= 0.6 is 22.6 Å². The van der Waals surface area contributed by atoms with Crippen LogP contribution in [0.1, 0.15) is 6.92 Å². The Morgan fingerprint density at radius 1 is 1.83 bits per heavy atom. The number of hydrogen-bond acceptors (Lipinski definition) is 1. The minimum absolute atomic E-state index is 0.0788. The summed E-state index contributed by atoms with van der Waals surface area (Å²) in [6.45, 7) is 1.82. The molecule has 0 unspecified atom stereocenters. The predicted octanol–water partition coefficient (Wildman–Crippen LogP) is 1.52. The highest BCUT2D eigenvalue weighted by Gasteiger charge is 1.76. The van der Waals surface area contributed by atoms with Gasteiger partial charge in [-0.2, -0.15) is 0 Å². The van der Waals surface area contributed by atoms with Gasteiger partial charge in [0.05, 0.1) is 0 Å². The molecule has 6 heavy (non-hydrogen) atoms. The molecule has 1 nitrogen and oxygen atoms in total. The summed E-state index contributed by atoms with van der Waals surface area (Å²) < 4.78 is 0.0788. The monoisotopic (exact) mass is 196 g/mol. The number of carbonyl (C=O) groups excluding carboxylic acids is 1. The molecule has 0 radical (unpaired) electrons. The third-order valence-electron chi connectivity index (χ3n) is 0.298. The Bertz CT molecular complexity index is 75.6. The Kier molecular flexibility index (Phi) is 3.41. The lowest BCUT2D eigenvalue weighted by Crippen LogP contribution is -1.68. The lowest BCUT2D eigenvalue weighted by atomic mass is 10.6. The predicted molar refractivity (Wildman–Crippen MR) is 33.8 cm³/mol. The van der Waals surface area contributed by atoms with Crippen LogP contribution in [0.4, 0.5) is 0 Å². The molecule has 0 rings (SSSR count). The number of rotatable bonds is 1. The first-order chi connectivity index (χ1) is 2.77. The van der Waals surface area contributed by atoms with E-state index in [9.17, 15) is 4.79 Å². The zero-order valence-electron chi connectivity index (χ0n) is 3.44. The van der Waals surface area contributed by atoms with Crippen molar-refractivity contribution in [2.75, 3.05) is 0 Å². The molecule has 0 aromatic carbocycles. The summed E-state index contributed by atoms with van der Waals surface area (Å²) in [5.41, 5.74) is 0. The summed E-state index contributed by atoms with van der Waals surface area (Å²) in [7, 11) is 0. The molecule has 0 amide bonds. The molecule has 0 aromatic heterocycles. The van der Waals surface area contributed by atoms with Crippen molar-refractivity contribution in [3.05, 3.63) is 12.2 Å². The van der Waals surface area contributed by atoms with Gasteiger partial charge in [0.2, 0.25) is 3.79 Å². The van der Waals surface area contributed by atoms with Crippen molar-refractivity contribution in [2.45, 2.75) is 6.92 Å². The highest BCUT2D eigenvalue weighted by molar-refractivity contribution is 14.1. The van der Waals surface area contributed by atoms with Gasteiger partial charge in [0, 0.05) is 22.6 Å². The molecule has 0 aliphatic rings. The van der Waals surface area contributed by atoms with Gasteiger partial charge in [0.1, 0.15) is 0 Å². The first kappa shape index (κ1) is 6.14. The van der Waals surface area contributed by atoms with Crippen molar-refractivity contribution in [3.8, 4) is 0 Å². The number of carbonyl (C=O) groups is 1. The molecule has 0 bridgehead atoms. The van der Waals surface area contributed by atoms with E-state index < -0.39 is 0 Å². The van der Waals surface area contributed by atoms with Crippen LogP contribution in [0.2, 0.25) is 0 Å². The maximum absolute atomic E-state index is 9.94. The fourth-order valence-electron chi connectivity index (χ4n) is 0.131. The molecule has 0 aromatic rings. The Labute approximate surface area is 50.6 Å². The molecule has 0 fully saturated rings. The second-order valence-corrected chi connectivity index (χ2v) is 1.87. The third-order valence-corrected chi connectivity index (χ3v) is 0.657. The van der Waals surface area contributed by atoms with E-state index in [1.165, 1.54) is 6.08 Å². The van der Waals surface area contributed by atoms with Crippen LogP contribution in [0.3, 0.4) is 0 Å². The van der Waals surface area contributed by atoms with Crippen molar-refractivity contribution < 1.29 is 4.79 Å². The molecule has 0 saturated carbocycles. The van der Waals surface area contributed by atoms with Gasteiger partial charge >= 0.3 is 0 Å². The minimum atomic E-state index is 0.0788. The van der Waals surface area contributed by atoms with Gasteiger partial charge < -0.3 is 0 Å². The molecule has 0 N–H and O–H groups in total. The van der Waals surface area contributed by atoms with E-state index in [1.807, 2.05) is 6.92 Å². The van der Waals surface area contributed by atoms with Crippen molar-refractivity contribution in [2.24, 2.45) is 0 Å². The van der Waals surface area contributed by atoms with E-state index in [2.05, 4.69) is 0 Å². The highest BCUT2D eigenvalue weighted by Crippen LogP contribution is 1.84. The van der Waals surface area contributed by atoms with Crippen LogP contribution in [-0.4, -0.2) is 3.79 Å². The van der Waals surface area contributed by atoms with Crippen molar-refractivity contribution in [3.63, 3.8) is 0 Å². The van der Waals surface area contributed by atoms with Crippen molar-refractivity contribution in [1.82, 2.24) is 0 Å². The lowest BCUT2D eigenvalue weighted by Gasteiger charge is -1.65. The normalized spacial score (nSPS) is 9.67. The Morgan fingerprint density at radius 2 is 2.33 bits per heavy atom. The van der Waals surface area contributed by atoms with E-state index in [0.29, 0.717) is 0 Å². The zero-order chi connectivity index (χ0) is 4.99. The van der Waals surface area contributed by atoms with Gasteiger partial charge in [-0.25, -0.2) is 0 Å². The van der Waals surface area contributed by atoms with Gasteiger partial charge in [-0.05, 0) is 13.0 Å². The smallest absolute Gasteiger partial charge is 0.214 e. The molecule has 0 heterocycles. The number of allylic oxidation sites excluding steroid dienone is 2. The standard InChI is InChI=1S/C4H5IO/c1-2-3-4(5)6/h2-3H,1H3/b3-2+. The summed E-state index contributed by atoms with van der Waals surface area (Å²) >= 11 is 1.72. The lowest BCUT2D eigenvalue weighted by molar-refractivity contribution is -0.105. The molecule has 0 spiro atoms. The van der Waals surface area contributed by atoms with Gasteiger partial charge in [-0.3, -0.25) is 4.79 Å². The van der Waals surface area contributed by atoms with E-state index in [1.54, 1.807) is 28.7 Å². The summed E-state index contributed by atoms with van der Waals surface area (Å²) in [4.78, 5) is 9.94. The fraction of sp³-hybridized carbons (Fsp3) is 0.250. The van der Waals surface area contributed by atoms with E-state index >= 15 is 0 Å². The van der Waals surface area contributed by atoms with E-state index in [0.717, 1.165) is 0 Å². The molecular weight excluding hydrogens is 191 g/mol. The van der Waals surface area contributed by atoms with Crippen LogP contribution in [-0.2, 0) is 4.79 Å². The fourth-order valence-corrected chi connectivity index (χ4v) is 0.491. The van der Waals surface area contributed by atoms with Gasteiger partial charge in [0.25, 0.3) is 0 Å². The van der Waals surface area contributed by atoms with Crippen LogP contribution in [0.25, 0.3) is 0 Å². The molecule has 0 aliphatic heterocycles. The first-order valence-electron chi connectivity index (χ1n) is 1.59. The maximum Gasteiger partial charge on any atom is 0.214 e. The first-order valence-corrected chi connectivity index (χ1v) is 2.67. The largest absolute Gasteiger partial charge is 0.283 e. The highest BCUT2D eigenvalue weighted by atomic mass is 127. The van der Waals surface area contributed by atoms with Crippen LogP contribution in [0.15, 0.2) is 12.2 Å². The number of hydrogen-bond donors (Lipinski definition) is 0. The Balaban J connectivity index is 3.30. The Hall–Kier alpha value is 0.140. The second kappa shape index (κ2) is 3.33. The minimum Gasteiger partial charge on any atom is -0.283 e. The zero-order valence-corrected chi connectivity index (χ0v) is 5.60. The Morgan fingerprint density at radius 3 is 2.33 bits per heavy atom. The average molecular weight is 196 g/mol. The van der Waals surface area contributed by atoms with Crippen molar-refractivity contribution in [1.29, 1.82) is 0 Å². The summed E-state index contributed by atoms with van der Waals surface area (Å²) in [6, 6.07) is 0. The topological polar surface area (TPSA) is 17.1 Å². The van der Waals surface area contributed by atoms with Crippen LogP contribution in [0, 0.1) is 0 Å². The van der Waals surface area contributed by atoms with Crippen molar-refractivity contribution >= 4 is 26.4 Å². The number of halogens is 1. The van der Waals surface area contributed by atoms with Gasteiger partial charge in [0.15, 0.2) is 0 Å². The SMILES string of the molecule is C/C=C/C(=O)I. The molecule has 0 atom stereocenters. The molecule has 2 heteroatoms. The maximum atomic E-state index is 9.94. The summed E-state index contributed by atoms with van der Waals surface area (Å²) in [5.74, 6) is 0. The van der Waals surface area contributed by atoms with E-state index in [4.69, 9.17) is 0 Å². The van der Waals surface area contributed by atoms with Crippen LogP contribution < -0.4 is 0 Å².